The van der Waals surface area contributed by atoms with Crippen LogP contribution in [0.3, 0.4) is 0 Å². The lowest BCUT2D eigenvalue weighted by Crippen LogP contribution is -2.52. The first-order valence-electron chi connectivity index (χ1n) is 13.1. The Morgan fingerprint density at radius 3 is 1.76 bits per heavy atom. The van der Waals surface area contributed by atoms with Gasteiger partial charge < -0.3 is 32.1 Å². The number of hydrogen-bond donors (Lipinski definition) is 6. The third-order valence-electron chi connectivity index (χ3n) is 5.32. The van der Waals surface area contributed by atoms with E-state index in [-0.39, 0.29) is 0 Å². The largest absolute Gasteiger partial charge is 0.416 e. The first kappa shape index (κ1) is 35.6. The smallest absolute Gasteiger partial charge is 0.382 e. The van der Waals surface area contributed by atoms with Gasteiger partial charge in [0.25, 0.3) is 5.91 Å². The first-order chi connectivity index (χ1) is 19.8. The highest BCUT2D eigenvalue weighted by Gasteiger charge is 2.44. The molecule has 2 aromatic carbocycles. The second kappa shape index (κ2) is 18.1. The molecule has 0 heterocycles. The summed E-state index contributed by atoms with van der Waals surface area (Å²) in [6, 6.07) is 14.4. The van der Waals surface area contributed by atoms with Gasteiger partial charge in [-0.25, -0.2) is 0 Å². The van der Waals surface area contributed by atoms with Crippen LogP contribution in [0.15, 0.2) is 54.6 Å². The zero-order valence-electron chi connectivity index (χ0n) is 23.3. The highest BCUT2D eigenvalue weighted by atomic mass is 19.4. The van der Waals surface area contributed by atoms with Crippen molar-refractivity contribution in [2.75, 3.05) is 19.6 Å². The number of carbonyl (C=O) groups is 5. The molecule has 2 rings (SSSR count). The molecule has 11 nitrogen and oxygen atoms in total. The minimum Gasteiger partial charge on any atom is -0.382 e. The number of amides is 5. The van der Waals surface area contributed by atoms with Crippen LogP contribution in [-0.4, -0.2) is 72.6 Å². The molecule has 42 heavy (non-hydrogen) atoms. The molecule has 2 atom stereocenters. The van der Waals surface area contributed by atoms with Gasteiger partial charge in [-0.15, -0.1) is 0 Å². The maximum absolute atomic E-state index is 12.8. The van der Waals surface area contributed by atoms with E-state index in [1.165, 1.54) is 6.42 Å². The second-order valence-corrected chi connectivity index (χ2v) is 9.05. The molecule has 0 bridgehead atoms. The first-order valence-corrected chi connectivity index (χ1v) is 13.1. The minimum absolute atomic E-state index is 0.316. The molecule has 2 unspecified atom stereocenters. The number of aliphatic hydroxyl groups is 1. The predicted molar refractivity (Wildman–Crippen MR) is 149 cm³/mol. The molecular weight excluding hydrogens is 559 g/mol. The summed E-state index contributed by atoms with van der Waals surface area (Å²) in [4.78, 5) is 58.9. The zero-order valence-corrected chi connectivity index (χ0v) is 23.3. The van der Waals surface area contributed by atoms with E-state index < -0.39 is 80.3 Å². The predicted octanol–water partition coefficient (Wildman–Crippen LogP) is 1.41. The molecule has 14 heteroatoms. The summed E-state index contributed by atoms with van der Waals surface area (Å²) in [5.74, 6) is -4.06. The van der Waals surface area contributed by atoms with Gasteiger partial charge in [0.15, 0.2) is 6.10 Å². The molecule has 7 N–H and O–H groups in total. The number of primary amides is 1. The summed E-state index contributed by atoms with van der Waals surface area (Å²) in [5, 5.41) is 18.0. The molecule has 230 valence electrons. The average Bonchev–Trinajstić information content (AvgIpc) is 2.95. The topological polar surface area (TPSA) is 180 Å². The zero-order chi connectivity index (χ0) is 31.7. The van der Waals surface area contributed by atoms with Gasteiger partial charge in [-0.3, -0.25) is 24.0 Å². The van der Waals surface area contributed by atoms with Crippen molar-refractivity contribution in [3.05, 3.63) is 60.2 Å². The Morgan fingerprint density at radius 2 is 1.26 bits per heavy atom. The fourth-order valence-corrected chi connectivity index (χ4v) is 3.28. The van der Waals surface area contributed by atoms with Crippen molar-refractivity contribution in [3.63, 3.8) is 0 Å². The van der Waals surface area contributed by atoms with Gasteiger partial charge in [-0.05, 0) is 29.7 Å². The summed E-state index contributed by atoms with van der Waals surface area (Å²) >= 11 is 0. The van der Waals surface area contributed by atoms with E-state index in [4.69, 9.17) is 5.73 Å². The van der Waals surface area contributed by atoms with Crippen LogP contribution in [0.5, 0.6) is 0 Å². The third kappa shape index (κ3) is 13.7. The van der Waals surface area contributed by atoms with Crippen LogP contribution < -0.4 is 27.0 Å². The number of nitrogens with one attached hydrogen (secondary N) is 4. The molecular formula is C28H36F3N5O6. The van der Waals surface area contributed by atoms with Crippen LogP contribution in [0, 0.1) is 0 Å². The lowest BCUT2D eigenvalue weighted by molar-refractivity contribution is -0.212. The Morgan fingerprint density at radius 1 is 0.786 bits per heavy atom. The Hall–Kier alpha value is -4.46. The fraction of sp³-hybridized carbons (Fsp3) is 0.393. The molecule has 5 amide bonds. The van der Waals surface area contributed by atoms with Gasteiger partial charge in [0, 0.05) is 12.0 Å². The summed E-state index contributed by atoms with van der Waals surface area (Å²) in [7, 11) is 0. The van der Waals surface area contributed by atoms with Gasteiger partial charge in [-0.1, -0.05) is 62.7 Å². The van der Waals surface area contributed by atoms with Crippen LogP contribution in [0.25, 0.3) is 11.1 Å². The quantitative estimate of drug-likeness (QED) is 0.204. The van der Waals surface area contributed by atoms with Crippen molar-refractivity contribution in [1.82, 2.24) is 21.3 Å². The number of aliphatic hydroxyl groups excluding tert-OH is 1. The monoisotopic (exact) mass is 595 g/mol. The van der Waals surface area contributed by atoms with Gasteiger partial charge in [0.1, 0.15) is 0 Å². The second-order valence-electron chi connectivity index (χ2n) is 9.05. The van der Waals surface area contributed by atoms with Crippen molar-refractivity contribution in [1.29, 1.82) is 0 Å². The maximum atomic E-state index is 12.8. The molecule has 0 saturated carbocycles. The van der Waals surface area contributed by atoms with Gasteiger partial charge in [0.05, 0.1) is 25.7 Å². The number of benzene rings is 2. The van der Waals surface area contributed by atoms with Crippen molar-refractivity contribution in [3.8, 4) is 11.1 Å². The number of carbonyl (C=O) groups excluding carboxylic acids is 5. The molecule has 2 aromatic rings. The molecule has 0 aliphatic carbocycles. The average molecular weight is 596 g/mol. The van der Waals surface area contributed by atoms with Gasteiger partial charge in [0.2, 0.25) is 23.6 Å². The maximum Gasteiger partial charge on any atom is 0.416 e. The standard InChI is InChI=1S/C25H28F3N5O6.C3H8/c26-25(27,28)23(38)18(10-11-19(29)34)33-22(37)14-31-20(35)12-30-21(36)13-32-24(39)17-8-6-16(7-9-17)15-4-2-1-3-5-15;1-3-2/h1-9,18,23,38H,10-14H2,(H2,29,34)(H,30,36)(H,31,35)(H,32,39)(H,33,37);3H2,1-2H3. The lowest BCUT2D eigenvalue weighted by Gasteiger charge is -2.25. The normalized spacial score (nSPS) is 12.0. The number of rotatable bonds is 13. The van der Waals surface area contributed by atoms with E-state index in [1.54, 1.807) is 24.3 Å². The Kier molecular flexibility index (Phi) is 15.3. The van der Waals surface area contributed by atoms with Crippen LogP contribution in [0.4, 0.5) is 13.2 Å². The summed E-state index contributed by atoms with van der Waals surface area (Å²) in [6.07, 6.45) is -7.86. The van der Waals surface area contributed by atoms with Gasteiger partial charge >= 0.3 is 6.18 Å². The van der Waals surface area contributed by atoms with E-state index in [0.717, 1.165) is 11.1 Å². The van der Waals surface area contributed by atoms with Crippen LogP contribution >= 0.6 is 0 Å². The highest BCUT2D eigenvalue weighted by Crippen LogP contribution is 2.24. The Bertz CT molecular complexity index is 1180. The number of hydrogen-bond acceptors (Lipinski definition) is 6. The molecule has 0 aliphatic rings. The van der Waals surface area contributed by atoms with Crippen LogP contribution in [-0.2, 0) is 19.2 Å². The van der Waals surface area contributed by atoms with Crippen LogP contribution in [0.2, 0.25) is 0 Å². The van der Waals surface area contributed by atoms with E-state index in [9.17, 15) is 42.3 Å². The van der Waals surface area contributed by atoms with E-state index in [1.807, 2.05) is 35.6 Å². The lowest BCUT2D eigenvalue weighted by atomic mass is 10.0. The van der Waals surface area contributed by atoms with E-state index in [2.05, 4.69) is 29.8 Å². The van der Waals surface area contributed by atoms with E-state index in [0.29, 0.717) is 5.56 Å². The Balaban J connectivity index is 0.00000281. The Labute approximate surface area is 241 Å². The minimum atomic E-state index is -5.07. The molecule has 0 aromatic heterocycles. The summed E-state index contributed by atoms with van der Waals surface area (Å²) in [6.45, 7) is 2.47. The summed E-state index contributed by atoms with van der Waals surface area (Å²) < 4.78 is 38.4. The fourth-order valence-electron chi connectivity index (χ4n) is 3.28. The summed E-state index contributed by atoms with van der Waals surface area (Å²) in [5.41, 5.74) is 7.09. The van der Waals surface area contributed by atoms with E-state index >= 15 is 0 Å². The molecule has 0 fully saturated rings. The molecule has 0 spiro atoms. The number of halogens is 3. The molecule has 0 aliphatic heterocycles. The van der Waals surface area contributed by atoms with Crippen molar-refractivity contribution >= 4 is 29.5 Å². The molecule has 0 radical (unpaired) electrons. The van der Waals surface area contributed by atoms with Crippen LogP contribution in [0.1, 0.15) is 43.5 Å². The van der Waals surface area contributed by atoms with Crippen molar-refractivity contribution in [2.45, 2.75) is 51.4 Å². The number of nitrogens with two attached hydrogens (primary N) is 1. The highest BCUT2D eigenvalue weighted by molar-refractivity contribution is 5.97. The SMILES string of the molecule is CCC.NC(=O)CCC(NC(=O)CNC(=O)CNC(=O)CNC(=O)c1ccc(-c2ccccc2)cc1)C(O)C(F)(F)F. The van der Waals surface area contributed by atoms with Gasteiger partial charge in [-0.2, -0.15) is 13.2 Å². The third-order valence-corrected chi connectivity index (χ3v) is 5.32. The molecule has 0 saturated heterocycles. The number of alkyl halides is 3. The van der Waals surface area contributed by atoms with Crippen molar-refractivity contribution in [2.24, 2.45) is 5.73 Å². The van der Waals surface area contributed by atoms with Crippen molar-refractivity contribution < 1.29 is 42.3 Å².